The number of pyridine rings is 1. The molecule has 2 aromatic carbocycles. The number of hydrogen-bond donors (Lipinski definition) is 4. The molecule has 0 radical (unpaired) electrons. The largest absolute Gasteiger partial charge is 0.508 e. The Morgan fingerprint density at radius 2 is 1.64 bits per heavy atom. The number of aromatic hydroxyl groups is 3. The number of phenols is 3. The summed E-state index contributed by atoms with van der Waals surface area (Å²) >= 11 is 0. The average Bonchev–Trinajstić information content (AvgIpc) is 2.69. The molecule has 28 heavy (non-hydrogen) atoms. The van der Waals surface area contributed by atoms with Crippen molar-refractivity contribution in [2.24, 2.45) is 5.10 Å². The Bertz CT molecular complexity index is 1030. The Hall–Kier alpha value is -4.13. The molecule has 7 nitrogen and oxygen atoms in total. The lowest BCUT2D eigenvalue weighted by Crippen LogP contribution is -2.17. The summed E-state index contributed by atoms with van der Waals surface area (Å²) in [5, 5.41) is 33.1. The van der Waals surface area contributed by atoms with E-state index in [-0.39, 0.29) is 17.2 Å². The van der Waals surface area contributed by atoms with Gasteiger partial charge >= 0.3 is 0 Å². The van der Waals surface area contributed by atoms with Crippen molar-refractivity contribution in [2.75, 3.05) is 0 Å². The minimum atomic E-state index is -0.418. The van der Waals surface area contributed by atoms with Crippen molar-refractivity contribution >= 4 is 24.3 Å². The molecule has 4 N–H and O–H groups in total. The fraction of sp³-hybridized carbons (Fsp3) is 0. The van der Waals surface area contributed by atoms with E-state index in [0.29, 0.717) is 16.7 Å². The van der Waals surface area contributed by atoms with Gasteiger partial charge in [-0.3, -0.25) is 9.78 Å². The van der Waals surface area contributed by atoms with Crippen molar-refractivity contribution in [1.29, 1.82) is 0 Å². The van der Waals surface area contributed by atoms with Gasteiger partial charge in [-0.15, -0.1) is 0 Å². The van der Waals surface area contributed by atoms with Crippen LogP contribution < -0.4 is 5.43 Å². The van der Waals surface area contributed by atoms with Crippen molar-refractivity contribution in [3.8, 4) is 17.2 Å². The highest BCUT2D eigenvalue weighted by Crippen LogP contribution is 2.27. The maximum absolute atomic E-state index is 12.0. The summed E-state index contributed by atoms with van der Waals surface area (Å²) in [5.41, 5.74) is 4.40. The predicted molar refractivity (Wildman–Crippen MR) is 106 cm³/mol. The quantitative estimate of drug-likeness (QED) is 0.311. The van der Waals surface area contributed by atoms with Gasteiger partial charge in [0.1, 0.15) is 17.2 Å². The molecule has 3 aromatic rings. The van der Waals surface area contributed by atoms with Gasteiger partial charge in [-0.1, -0.05) is 24.3 Å². The predicted octanol–water partition coefficient (Wildman–Crippen LogP) is 3.13. The standard InChI is InChI=1S/C21H17N3O4/c25-17-5-2-14(3-6-17)1-4-16-11-18(26)12-20(27)19(16)13-23-24-21(28)15-7-9-22-10-8-15/h1-13,25-27H,(H,24,28)/b4-1+,23-13-. The average molecular weight is 375 g/mol. The molecule has 0 unspecified atom stereocenters. The second-order valence-corrected chi connectivity index (χ2v) is 5.83. The van der Waals surface area contributed by atoms with Crippen molar-refractivity contribution in [1.82, 2.24) is 10.4 Å². The van der Waals surface area contributed by atoms with Gasteiger partial charge < -0.3 is 15.3 Å². The van der Waals surface area contributed by atoms with Crippen molar-refractivity contribution in [2.45, 2.75) is 0 Å². The molecule has 0 saturated carbocycles. The zero-order valence-electron chi connectivity index (χ0n) is 14.6. The molecule has 0 saturated heterocycles. The summed E-state index contributed by atoms with van der Waals surface area (Å²) in [4.78, 5) is 15.8. The van der Waals surface area contributed by atoms with Gasteiger partial charge in [0.25, 0.3) is 5.91 Å². The summed E-state index contributed by atoms with van der Waals surface area (Å²) in [6.45, 7) is 0. The third-order valence-corrected chi connectivity index (χ3v) is 3.83. The fourth-order valence-electron chi connectivity index (χ4n) is 2.42. The monoisotopic (exact) mass is 375 g/mol. The number of hydrogen-bond acceptors (Lipinski definition) is 6. The van der Waals surface area contributed by atoms with Crippen LogP contribution in [0.15, 0.2) is 66.0 Å². The van der Waals surface area contributed by atoms with Crippen LogP contribution in [0.2, 0.25) is 0 Å². The van der Waals surface area contributed by atoms with Gasteiger partial charge in [-0.05, 0) is 41.5 Å². The number of benzene rings is 2. The van der Waals surface area contributed by atoms with Gasteiger partial charge in [-0.25, -0.2) is 5.43 Å². The molecule has 140 valence electrons. The maximum Gasteiger partial charge on any atom is 0.271 e. The van der Waals surface area contributed by atoms with Crippen LogP contribution in [0.1, 0.15) is 27.0 Å². The van der Waals surface area contributed by atoms with E-state index in [1.54, 1.807) is 48.6 Å². The van der Waals surface area contributed by atoms with Crippen molar-refractivity contribution < 1.29 is 20.1 Å². The van der Waals surface area contributed by atoms with Crippen LogP contribution in [0.5, 0.6) is 17.2 Å². The summed E-state index contributed by atoms with van der Waals surface area (Å²) < 4.78 is 0. The Morgan fingerprint density at radius 3 is 2.36 bits per heavy atom. The van der Waals surface area contributed by atoms with E-state index in [1.807, 2.05) is 0 Å². The van der Waals surface area contributed by atoms with Gasteiger partial charge in [0.15, 0.2) is 0 Å². The van der Waals surface area contributed by atoms with E-state index in [2.05, 4.69) is 15.5 Å². The lowest BCUT2D eigenvalue weighted by molar-refractivity contribution is 0.0955. The molecule has 0 aliphatic carbocycles. The molecule has 0 aliphatic heterocycles. The van der Waals surface area contributed by atoms with Crippen molar-refractivity contribution in [3.05, 3.63) is 83.2 Å². The normalized spacial score (nSPS) is 11.1. The summed E-state index contributed by atoms with van der Waals surface area (Å²) in [7, 11) is 0. The number of nitrogens with one attached hydrogen (secondary N) is 1. The Morgan fingerprint density at radius 1 is 0.929 bits per heavy atom. The molecule has 7 heteroatoms. The lowest BCUT2D eigenvalue weighted by atomic mass is 10.0. The van der Waals surface area contributed by atoms with Crippen LogP contribution in [0.4, 0.5) is 0 Å². The number of rotatable bonds is 5. The van der Waals surface area contributed by atoms with Crippen molar-refractivity contribution in [3.63, 3.8) is 0 Å². The molecule has 1 amide bonds. The first-order valence-corrected chi connectivity index (χ1v) is 8.29. The third kappa shape index (κ3) is 4.73. The minimum Gasteiger partial charge on any atom is -0.508 e. The Balaban J connectivity index is 1.82. The van der Waals surface area contributed by atoms with Crippen LogP contribution in [0, 0.1) is 0 Å². The van der Waals surface area contributed by atoms with Crippen LogP contribution in [0.3, 0.4) is 0 Å². The first-order valence-electron chi connectivity index (χ1n) is 8.29. The van der Waals surface area contributed by atoms with E-state index in [0.717, 1.165) is 5.56 Å². The Kier molecular flexibility index (Phi) is 5.66. The molecule has 1 aromatic heterocycles. The highest BCUT2D eigenvalue weighted by molar-refractivity contribution is 5.96. The fourth-order valence-corrected chi connectivity index (χ4v) is 2.42. The zero-order chi connectivity index (χ0) is 19.9. The van der Waals surface area contributed by atoms with Crippen LogP contribution in [-0.2, 0) is 0 Å². The van der Waals surface area contributed by atoms with Crippen LogP contribution >= 0.6 is 0 Å². The van der Waals surface area contributed by atoms with E-state index in [9.17, 15) is 20.1 Å². The number of amides is 1. The molecule has 0 fully saturated rings. The minimum absolute atomic E-state index is 0.110. The summed E-state index contributed by atoms with van der Waals surface area (Å²) in [6.07, 6.45) is 7.72. The molecule has 0 atom stereocenters. The third-order valence-electron chi connectivity index (χ3n) is 3.83. The molecule has 3 rings (SSSR count). The molecular weight excluding hydrogens is 358 g/mol. The summed E-state index contributed by atoms with van der Waals surface area (Å²) in [6, 6.07) is 12.3. The number of aromatic nitrogens is 1. The van der Waals surface area contributed by atoms with Crippen LogP contribution in [0.25, 0.3) is 12.2 Å². The van der Waals surface area contributed by atoms with Gasteiger partial charge in [0.05, 0.1) is 6.21 Å². The number of hydrazone groups is 1. The second-order valence-electron chi connectivity index (χ2n) is 5.83. The smallest absolute Gasteiger partial charge is 0.271 e. The van der Waals surface area contributed by atoms with E-state index in [1.165, 1.54) is 30.7 Å². The second kappa shape index (κ2) is 8.50. The molecule has 0 spiro atoms. The van der Waals surface area contributed by atoms with Gasteiger partial charge in [0.2, 0.25) is 0 Å². The van der Waals surface area contributed by atoms with E-state index in [4.69, 9.17) is 0 Å². The highest BCUT2D eigenvalue weighted by Gasteiger charge is 2.08. The SMILES string of the molecule is O=C(N/N=C\c1c(O)cc(O)cc1/C=C/c1ccc(O)cc1)c1ccncc1. The number of nitrogens with zero attached hydrogens (tertiary/aromatic N) is 2. The van der Waals surface area contributed by atoms with E-state index >= 15 is 0 Å². The highest BCUT2D eigenvalue weighted by atomic mass is 16.3. The van der Waals surface area contributed by atoms with E-state index < -0.39 is 5.91 Å². The topological polar surface area (TPSA) is 115 Å². The Labute approximate surface area is 160 Å². The van der Waals surface area contributed by atoms with Crippen LogP contribution in [-0.4, -0.2) is 32.4 Å². The number of phenolic OH excluding ortho intramolecular Hbond substituents is 3. The number of carbonyl (C=O) groups is 1. The van der Waals surface area contributed by atoms with Gasteiger partial charge in [0, 0.05) is 29.6 Å². The maximum atomic E-state index is 12.0. The molecular formula is C21H17N3O4. The first-order chi connectivity index (χ1) is 13.5. The first kappa shape index (κ1) is 18.7. The molecule has 0 bridgehead atoms. The lowest BCUT2D eigenvalue weighted by Gasteiger charge is -2.06. The summed E-state index contributed by atoms with van der Waals surface area (Å²) in [5.74, 6) is -0.559. The molecule has 0 aliphatic rings. The van der Waals surface area contributed by atoms with Gasteiger partial charge in [-0.2, -0.15) is 5.10 Å². The molecule has 1 heterocycles. The number of carbonyl (C=O) groups excluding carboxylic acids is 1. The zero-order valence-corrected chi connectivity index (χ0v) is 14.6.